The van der Waals surface area contributed by atoms with Gasteiger partial charge in [0.05, 0.1) is 19.2 Å². The van der Waals surface area contributed by atoms with Crippen LogP contribution in [0, 0.1) is 13.8 Å². The third kappa shape index (κ3) is 6.70. The molecule has 144 valence electrons. The minimum absolute atomic E-state index is 0.00109. The molecule has 0 saturated carbocycles. The monoisotopic (exact) mass is 392 g/mol. The molecule has 2 aromatic heterocycles. The number of Topliss-reactive ketones (excluding diaryl/α,β-unsaturated/α-hetero) is 1. The molecule has 0 atom stereocenters. The second-order valence-electron chi connectivity index (χ2n) is 5.72. The van der Waals surface area contributed by atoms with E-state index in [0.29, 0.717) is 11.3 Å². The average Bonchev–Trinajstić information content (AvgIpc) is 3.25. The molecule has 9 heteroatoms. The summed E-state index contributed by atoms with van der Waals surface area (Å²) in [5, 5.41) is 4.45. The quantitative estimate of drug-likeness (QED) is 0.527. The molecule has 0 fully saturated rings. The minimum atomic E-state index is -0.768. The number of carbonyl (C=O) groups excluding carboxylic acids is 4. The number of furan rings is 1. The molecule has 2 N–H and O–H groups in total. The van der Waals surface area contributed by atoms with Crippen molar-refractivity contribution in [3.05, 3.63) is 45.5 Å². The molecule has 0 aliphatic carbocycles. The minimum Gasteiger partial charge on any atom is -0.467 e. The lowest BCUT2D eigenvalue weighted by atomic mass is 10.1. The fourth-order valence-corrected chi connectivity index (χ4v) is 3.21. The SMILES string of the molecule is Cc1cc(C(=O)CCC(=O)OCC(=O)NC(=O)NCc2ccco2)c(C)s1. The van der Waals surface area contributed by atoms with E-state index in [2.05, 4.69) is 5.32 Å². The van der Waals surface area contributed by atoms with Crippen molar-refractivity contribution in [3.63, 3.8) is 0 Å². The smallest absolute Gasteiger partial charge is 0.321 e. The fourth-order valence-electron chi connectivity index (χ4n) is 2.26. The zero-order chi connectivity index (χ0) is 19.8. The van der Waals surface area contributed by atoms with Crippen LogP contribution in [0.3, 0.4) is 0 Å². The molecule has 2 heterocycles. The Balaban J connectivity index is 1.64. The van der Waals surface area contributed by atoms with Crippen molar-refractivity contribution in [2.24, 2.45) is 0 Å². The molecular weight excluding hydrogens is 372 g/mol. The number of ketones is 1. The topological polar surface area (TPSA) is 115 Å². The molecule has 3 amide bonds. The van der Waals surface area contributed by atoms with E-state index in [0.717, 1.165) is 9.75 Å². The number of ether oxygens (including phenoxy) is 1. The molecule has 0 radical (unpaired) electrons. The fraction of sp³-hybridized carbons (Fsp3) is 0.333. The van der Waals surface area contributed by atoms with E-state index in [9.17, 15) is 19.2 Å². The second kappa shape index (κ2) is 9.67. The largest absolute Gasteiger partial charge is 0.467 e. The first-order chi connectivity index (χ1) is 12.8. The van der Waals surface area contributed by atoms with Crippen LogP contribution in [0.5, 0.6) is 0 Å². The number of rotatable bonds is 8. The van der Waals surface area contributed by atoms with Gasteiger partial charge in [-0.1, -0.05) is 0 Å². The van der Waals surface area contributed by atoms with Gasteiger partial charge in [-0.05, 0) is 32.0 Å². The summed E-state index contributed by atoms with van der Waals surface area (Å²) in [5.74, 6) is -1.06. The standard InChI is InChI=1S/C18H20N2O6S/c1-11-8-14(12(2)27-11)15(21)5-6-17(23)26-10-16(22)20-18(24)19-9-13-4-3-7-25-13/h3-4,7-8H,5-6,9-10H2,1-2H3,(H2,19,20,22,24). The van der Waals surface area contributed by atoms with Crippen LogP contribution in [0.4, 0.5) is 4.79 Å². The van der Waals surface area contributed by atoms with E-state index >= 15 is 0 Å². The van der Waals surface area contributed by atoms with Gasteiger partial charge in [-0.2, -0.15) is 0 Å². The molecule has 0 aromatic carbocycles. The number of esters is 1. The number of hydrogen-bond acceptors (Lipinski definition) is 7. The summed E-state index contributed by atoms with van der Waals surface area (Å²) in [6.07, 6.45) is 1.33. The van der Waals surface area contributed by atoms with Crippen LogP contribution in [0.25, 0.3) is 0 Å². The molecule has 0 unspecified atom stereocenters. The molecular formula is C18H20N2O6S. The lowest BCUT2D eigenvalue weighted by Crippen LogP contribution is -2.41. The normalized spacial score (nSPS) is 10.3. The Labute approximate surface area is 159 Å². The van der Waals surface area contributed by atoms with Crippen LogP contribution in [-0.2, 0) is 20.9 Å². The Morgan fingerprint density at radius 2 is 1.96 bits per heavy atom. The molecule has 0 bridgehead atoms. The Morgan fingerprint density at radius 1 is 1.19 bits per heavy atom. The zero-order valence-electron chi connectivity index (χ0n) is 15.0. The third-order valence-corrected chi connectivity index (χ3v) is 4.48. The number of amides is 3. The number of hydrogen-bond donors (Lipinski definition) is 2. The summed E-state index contributed by atoms with van der Waals surface area (Å²) < 4.78 is 9.81. The lowest BCUT2D eigenvalue weighted by molar-refractivity contribution is -0.148. The van der Waals surface area contributed by atoms with Crippen molar-refractivity contribution >= 4 is 35.0 Å². The molecule has 0 spiro atoms. The van der Waals surface area contributed by atoms with Crippen LogP contribution >= 0.6 is 11.3 Å². The number of urea groups is 1. The Bertz CT molecular complexity index is 825. The van der Waals surface area contributed by atoms with Gasteiger partial charge in [0, 0.05) is 21.7 Å². The predicted molar refractivity (Wildman–Crippen MR) is 97.4 cm³/mol. The van der Waals surface area contributed by atoms with Gasteiger partial charge >= 0.3 is 12.0 Å². The highest BCUT2D eigenvalue weighted by molar-refractivity contribution is 7.12. The summed E-state index contributed by atoms with van der Waals surface area (Å²) in [4.78, 5) is 48.8. The van der Waals surface area contributed by atoms with Gasteiger partial charge in [-0.25, -0.2) is 4.79 Å². The van der Waals surface area contributed by atoms with Crippen molar-refractivity contribution in [2.45, 2.75) is 33.2 Å². The van der Waals surface area contributed by atoms with Gasteiger partial charge in [-0.3, -0.25) is 19.7 Å². The van der Waals surface area contributed by atoms with E-state index < -0.39 is 24.5 Å². The highest BCUT2D eigenvalue weighted by Crippen LogP contribution is 2.22. The Kier molecular flexibility index (Phi) is 7.30. The van der Waals surface area contributed by atoms with Crippen molar-refractivity contribution in [1.29, 1.82) is 0 Å². The van der Waals surface area contributed by atoms with E-state index in [1.165, 1.54) is 17.6 Å². The van der Waals surface area contributed by atoms with Crippen molar-refractivity contribution in [2.75, 3.05) is 6.61 Å². The van der Waals surface area contributed by atoms with Crippen molar-refractivity contribution in [3.8, 4) is 0 Å². The third-order valence-electron chi connectivity index (χ3n) is 3.52. The maximum absolute atomic E-state index is 12.1. The van der Waals surface area contributed by atoms with Crippen LogP contribution in [0.2, 0.25) is 0 Å². The zero-order valence-corrected chi connectivity index (χ0v) is 15.8. The van der Waals surface area contributed by atoms with Crippen LogP contribution in [-0.4, -0.2) is 30.3 Å². The number of imide groups is 1. The number of nitrogens with one attached hydrogen (secondary N) is 2. The van der Waals surface area contributed by atoms with Crippen molar-refractivity contribution in [1.82, 2.24) is 10.6 Å². The second-order valence-corrected chi connectivity index (χ2v) is 7.18. The van der Waals surface area contributed by atoms with E-state index in [1.54, 1.807) is 18.2 Å². The van der Waals surface area contributed by atoms with E-state index in [4.69, 9.17) is 9.15 Å². The number of aryl methyl sites for hydroxylation is 2. The highest BCUT2D eigenvalue weighted by atomic mass is 32.1. The summed E-state index contributed by atoms with van der Waals surface area (Å²) in [5.41, 5.74) is 0.608. The van der Waals surface area contributed by atoms with Gasteiger partial charge in [0.25, 0.3) is 5.91 Å². The molecule has 0 aliphatic rings. The maximum Gasteiger partial charge on any atom is 0.321 e. The lowest BCUT2D eigenvalue weighted by Gasteiger charge is -2.06. The molecule has 0 aliphatic heterocycles. The van der Waals surface area contributed by atoms with Gasteiger partial charge in [0.15, 0.2) is 12.4 Å². The predicted octanol–water partition coefficient (Wildman–Crippen LogP) is 2.49. The van der Waals surface area contributed by atoms with Gasteiger partial charge < -0.3 is 14.5 Å². The molecule has 8 nitrogen and oxygen atoms in total. The van der Waals surface area contributed by atoms with Gasteiger partial charge in [0.2, 0.25) is 0 Å². The summed E-state index contributed by atoms with van der Waals surface area (Å²) in [7, 11) is 0. The van der Waals surface area contributed by atoms with Gasteiger partial charge in [-0.15, -0.1) is 11.3 Å². The first-order valence-electron chi connectivity index (χ1n) is 8.21. The Hall–Kier alpha value is -2.94. The highest BCUT2D eigenvalue weighted by Gasteiger charge is 2.16. The summed E-state index contributed by atoms with van der Waals surface area (Å²) in [6, 6.07) is 4.41. The van der Waals surface area contributed by atoms with Crippen molar-refractivity contribution < 1.29 is 28.3 Å². The van der Waals surface area contributed by atoms with Crippen LogP contribution < -0.4 is 10.6 Å². The Morgan fingerprint density at radius 3 is 2.59 bits per heavy atom. The average molecular weight is 392 g/mol. The van der Waals surface area contributed by atoms with Crippen LogP contribution in [0.1, 0.15) is 38.7 Å². The van der Waals surface area contributed by atoms with Crippen LogP contribution in [0.15, 0.2) is 28.9 Å². The summed E-state index contributed by atoms with van der Waals surface area (Å²) >= 11 is 1.52. The first kappa shape index (κ1) is 20.4. The van der Waals surface area contributed by atoms with Gasteiger partial charge in [0.1, 0.15) is 5.76 Å². The molecule has 0 saturated heterocycles. The molecule has 2 aromatic rings. The number of thiophene rings is 1. The van der Waals surface area contributed by atoms with E-state index in [-0.39, 0.29) is 25.2 Å². The number of carbonyl (C=O) groups is 4. The van der Waals surface area contributed by atoms with E-state index in [1.807, 2.05) is 19.2 Å². The first-order valence-corrected chi connectivity index (χ1v) is 9.02. The molecule has 27 heavy (non-hydrogen) atoms. The molecule has 2 rings (SSSR count). The summed E-state index contributed by atoms with van der Waals surface area (Å²) in [6.45, 7) is 3.28. The maximum atomic E-state index is 12.1.